The summed E-state index contributed by atoms with van der Waals surface area (Å²) in [5.41, 5.74) is 0.526. The van der Waals surface area contributed by atoms with E-state index < -0.39 is 0 Å². The van der Waals surface area contributed by atoms with Gasteiger partial charge in [0.05, 0.1) is 7.11 Å². The van der Waals surface area contributed by atoms with Crippen molar-refractivity contribution in [1.82, 2.24) is 20.1 Å². The maximum atomic E-state index is 12.1. The highest BCUT2D eigenvalue weighted by Crippen LogP contribution is 2.28. The molecule has 0 fully saturated rings. The van der Waals surface area contributed by atoms with Gasteiger partial charge in [-0.05, 0) is 43.7 Å². The van der Waals surface area contributed by atoms with Crippen LogP contribution in [0.5, 0.6) is 11.5 Å². The Morgan fingerprint density at radius 1 is 1.23 bits per heavy atom. The molecule has 0 radical (unpaired) electrons. The average Bonchev–Trinajstić information content (AvgIpc) is 3.10. The van der Waals surface area contributed by atoms with Crippen LogP contribution in [0.3, 0.4) is 0 Å². The molecule has 0 aliphatic heterocycles. The van der Waals surface area contributed by atoms with Crippen molar-refractivity contribution in [3.63, 3.8) is 0 Å². The van der Waals surface area contributed by atoms with Crippen LogP contribution in [0.25, 0.3) is 0 Å². The largest absolute Gasteiger partial charge is 0.493 e. The summed E-state index contributed by atoms with van der Waals surface area (Å²) < 4.78 is 12.9. The van der Waals surface area contributed by atoms with Crippen molar-refractivity contribution in [2.45, 2.75) is 45.3 Å². The molecule has 0 aliphatic carbocycles. The third-order valence-electron chi connectivity index (χ3n) is 4.35. The molecular weight excluding hydrogens is 404 g/mol. The fourth-order valence-corrected chi connectivity index (χ4v) is 3.40. The summed E-state index contributed by atoms with van der Waals surface area (Å²) in [5, 5.41) is 12.3. The van der Waals surface area contributed by atoms with Crippen molar-refractivity contribution in [3.8, 4) is 11.5 Å². The Labute approximate surface area is 181 Å². The quantitative estimate of drug-likeness (QED) is 0.312. The van der Waals surface area contributed by atoms with Crippen LogP contribution >= 0.6 is 11.8 Å². The molecule has 164 valence electrons. The lowest BCUT2D eigenvalue weighted by Crippen LogP contribution is -2.30. The van der Waals surface area contributed by atoms with E-state index in [1.807, 2.05) is 6.26 Å². The molecule has 0 spiro atoms. The highest BCUT2D eigenvalue weighted by molar-refractivity contribution is 7.98. The normalized spacial score (nSPS) is 10.9. The van der Waals surface area contributed by atoms with E-state index in [-0.39, 0.29) is 18.3 Å². The maximum Gasteiger partial charge on any atom is 0.257 e. The third kappa shape index (κ3) is 6.76. The summed E-state index contributed by atoms with van der Waals surface area (Å²) in [6.45, 7) is 7.08. The Morgan fingerprint density at radius 3 is 2.63 bits per heavy atom. The Morgan fingerprint density at radius 2 is 2.00 bits per heavy atom. The van der Waals surface area contributed by atoms with E-state index in [2.05, 4.69) is 33.9 Å². The second-order valence-electron chi connectivity index (χ2n) is 7.27. The van der Waals surface area contributed by atoms with Crippen molar-refractivity contribution in [2.75, 3.05) is 26.5 Å². The van der Waals surface area contributed by atoms with E-state index in [0.29, 0.717) is 29.5 Å². The van der Waals surface area contributed by atoms with Crippen molar-refractivity contribution in [1.29, 1.82) is 0 Å². The molecular formula is C21H30N4O4S. The average molecular weight is 435 g/mol. The number of carbonyl (C=O) groups is 2. The number of methoxy groups -OCH3 is 1. The van der Waals surface area contributed by atoms with Crippen LogP contribution in [0.1, 0.15) is 43.4 Å². The van der Waals surface area contributed by atoms with E-state index in [9.17, 15) is 9.59 Å². The molecule has 1 N–H and O–H groups in total. The minimum Gasteiger partial charge on any atom is -0.493 e. The lowest BCUT2D eigenvalue weighted by Gasteiger charge is -2.12. The predicted octanol–water partition coefficient (Wildman–Crippen LogP) is 3.00. The van der Waals surface area contributed by atoms with Crippen molar-refractivity contribution in [3.05, 3.63) is 29.6 Å². The standard InChI is InChI=1S/C21H30N4O4S/c1-14(2)12-25-19(23-24-21(25)30-5)7-6-10-22-20(27)13-29-17-9-8-16(15(3)26)11-18(17)28-4/h8-9,11,14H,6-7,10,12-13H2,1-5H3,(H,22,27). The fraction of sp³-hybridized carbons (Fsp3) is 0.524. The van der Waals surface area contributed by atoms with Crippen LogP contribution in [0.2, 0.25) is 0 Å². The van der Waals surface area contributed by atoms with Crippen LogP contribution in [-0.4, -0.2) is 53.0 Å². The van der Waals surface area contributed by atoms with Gasteiger partial charge in [0.15, 0.2) is 29.0 Å². The number of aryl methyl sites for hydroxylation is 1. The van der Waals surface area contributed by atoms with Crippen LogP contribution in [0.15, 0.2) is 23.4 Å². The first-order valence-electron chi connectivity index (χ1n) is 9.90. The number of carbonyl (C=O) groups excluding carboxylic acids is 2. The molecule has 0 bridgehead atoms. The lowest BCUT2D eigenvalue weighted by atomic mass is 10.1. The molecule has 1 aromatic heterocycles. The monoisotopic (exact) mass is 434 g/mol. The summed E-state index contributed by atoms with van der Waals surface area (Å²) in [6.07, 6.45) is 3.49. The lowest BCUT2D eigenvalue weighted by molar-refractivity contribution is -0.123. The SMILES string of the molecule is COc1cc(C(C)=O)ccc1OCC(=O)NCCCc1nnc(SC)n1CC(C)C. The number of benzene rings is 1. The molecule has 1 amide bonds. The number of rotatable bonds is 12. The van der Waals surface area contributed by atoms with Gasteiger partial charge in [-0.25, -0.2) is 0 Å². The van der Waals surface area contributed by atoms with Gasteiger partial charge < -0.3 is 19.4 Å². The summed E-state index contributed by atoms with van der Waals surface area (Å²) in [4.78, 5) is 23.6. The number of hydrogen-bond donors (Lipinski definition) is 1. The van der Waals surface area contributed by atoms with Gasteiger partial charge in [-0.15, -0.1) is 10.2 Å². The highest BCUT2D eigenvalue weighted by Gasteiger charge is 2.13. The Kier molecular flexibility index (Phi) is 9.16. The molecule has 1 heterocycles. The van der Waals surface area contributed by atoms with Gasteiger partial charge >= 0.3 is 0 Å². The molecule has 0 unspecified atom stereocenters. The topological polar surface area (TPSA) is 95.3 Å². The molecule has 0 saturated carbocycles. The number of ketones is 1. The second-order valence-corrected chi connectivity index (χ2v) is 8.04. The van der Waals surface area contributed by atoms with E-state index in [0.717, 1.165) is 30.4 Å². The second kappa shape index (κ2) is 11.6. The Hall–Kier alpha value is -2.55. The van der Waals surface area contributed by atoms with Crippen LogP contribution in [0.4, 0.5) is 0 Å². The number of thioether (sulfide) groups is 1. The zero-order valence-corrected chi connectivity index (χ0v) is 19.0. The van der Waals surface area contributed by atoms with Gasteiger partial charge in [-0.3, -0.25) is 9.59 Å². The molecule has 0 atom stereocenters. The van der Waals surface area contributed by atoms with E-state index in [1.54, 1.807) is 30.0 Å². The number of hydrogen-bond acceptors (Lipinski definition) is 7. The molecule has 2 aromatic rings. The van der Waals surface area contributed by atoms with Gasteiger partial charge in [0.1, 0.15) is 5.82 Å². The zero-order valence-electron chi connectivity index (χ0n) is 18.2. The molecule has 30 heavy (non-hydrogen) atoms. The van der Waals surface area contributed by atoms with Crippen LogP contribution in [-0.2, 0) is 17.8 Å². The Balaban J connectivity index is 1.80. The molecule has 1 aromatic carbocycles. The summed E-state index contributed by atoms with van der Waals surface area (Å²) in [6, 6.07) is 4.88. The summed E-state index contributed by atoms with van der Waals surface area (Å²) in [7, 11) is 1.49. The van der Waals surface area contributed by atoms with Crippen LogP contribution < -0.4 is 14.8 Å². The fourth-order valence-electron chi connectivity index (χ4n) is 2.88. The number of amides is 1. The molecule has 0 saturated heterocycles. The number of Topliss-reactive ketones (excluding diaryl/α,β-unsaturated/α-hetero) is 1. The zero-order chi connectivity index (χ0) is 22.1. The first-order chi connectivity index (χ1) is 14.3. The van der Waals surface area contributed by atoms with Crippen LogP contribution in [0, 0.1) is 5.92 Å². The Bertz CT molecular complexity index is 867. The van der Waals surface area contributed by atoms with Gasteiger partial charge in [-0.1, -0.05) is 25.6 Å². The minimum absolute atomic E-state index is 0.0635. The molecule has 0 aliphatic rings. The predicted molar refractivity (Wildman–Crippen MR) is 116 cm³/mol. The molecule has 2 rings (SSSR count). The van der Waals surface area contributed by atoms with E-state index >= 15 is 0 Å². The number of aromatic nitrogens is 3. The van der Waals surface area contributed by atoms with Crippen molar-refractivity contribution < 1.29 is 19.1 Å². The first-order valence-corrected chi connectivity index (χ1v) is 11.1. The maximum absolute atomic E-state index is 12.1. The van der Waals surface area contributed by atoms with Crippen molar-refractivity contribution >= 4 is 23.5 Å². The third-order valence-corrected chi connectivity index (χ3v) is 5.02. The van der Waals surface area contributed by atoms with Gasteiger partial charge in [0.25, 0.3) is 5.91 Å². The molecule has 9 heteroatoms. The first kappa shape index (κ1) is 23.7. The van der Waals surface area contributed by atoms with Gasteiger partial charge in [0.2, 0.25) is 0 Å². The van der Waals surface area contributed by atoms with Crippen molar-refractivity contribution in [2.24, 2.45) is 5.92 Å². The number of nitrogens with one attached hydrogen (secondary N) is 1. The number of nitrogens with zero attached hydrogens (tertiary/aromatic N) is 3. The van der Waals surface area contributed by atoms with E-state index in [1.165, 1.54) is 14.0 Å². The van der Waals surface area contributed by atoms with Gasteiger partial charge in [-0.2, -0.15) is 0 Å². The van der Waals surface area contributed by atoms with Gasteiger partial charge in [0, 0.05) is 25.1 Å². The number of ether oxygens (including phenoxy) is 2. The minimum atomic E-state index is -0.221. The summed E-state index contributed by atoms with van der Waals surface area (Å²) >= 11 is 1.59. The highest BCUT2D eigenvalue weighted by atomic mass is 32.2. The van der Waals surface area contributed by atoms with E-state index in [4.69, 9.17) is 9.47 Å². The smallest absolute Gasteiger partial charge is 0.257 e. The summed E-state index contributed by atoms with van der Waals surface area (Å²) in [5.74, 6) is 2.00. The molecule has 8 nitrogen and oxygen atoms in total.